The molecule has 1 unspecified atom stereocenters. The van der Waals surface area contributed by atoms with E-state index in [0.717, 1.165) is 41.0 Å². The van der Waals surface area contributed by atoms with Gasteiger partial charge in [0.05, 0.1) is 0 Å². The van der Waals surface area contributed by atoms with Crippen molar-refractivity contribution in [2.24, 2.45) is 0 Å². The molecule has 0 aliphatic rings. The summed E-state index contributed by atoms with van der Waals surface area (Å²) >= 11 is 7.70. The molecule has 196 valence electrons. The highest BCUT2D eigenvalue weighted by Gasteiger charge is 2.30. The summed E-state index contributed by atoms with van der Waals surface area (Å²) in [4.78, 5) is 30.0. The number of rotatable bonds is 14. The second-order valence-electron chi connectivity index (χ2n) is 9.26. The lowest BCUT2D eigenvalue weighted by molar-refractivity contribution is -0.141. The number of benzene rings is 3. The molecule has 0 spiro atoms. The van der Waals surface area contributed by atoms with Crippen LogP contribution in [0.25, 0.3) is 0 Å². The largest absolute Gasteiger partial charge is 0.354 e. The van der Waals surface area contributed by atoms with E-state index >= 15 is 0 Å². The highest BCUT2D eigenvalue weighted by Crippen LogP contribution is 2.22. The Morgan fingerprint density at radius 3 is 2.30 bits per heavy atom. The van der Waals surface area contributed by atoms with Gasteiger partial charge in [0.2, 0.25) is 11.8 Å². The van der Waals surface area contributed by atoms with E-state index < -0.39 is 6.04 Å². The third kappa shape index (κ3) is 9.90. The molecule has 0 saturated heterocycles. The first-order chi connectivity index (χ1) is 18.0. The number of nitrogens with one attached hydrogen (secondary N) is 1. The molecule has 6 heteroatoms. The number of thioether (sulfide) groups is 1. The molecule has 1 N–H and O–H groups in total. The molecule has 0 radical (unpaired) electrons. The van der Waals surface area contributed by atoms with Crippen molar-refractivity contribution in [2.45, 2.75) is 63.4 Å². The minimum atomic E-state index is -0.572. The monoisotopic (exact) mass is 536 g/mol. The molecule has 4 nitrogen and oxygen atoms in total. The van der Waals surface area contributed by atoms with Crippen LogP contribution in [0.4, 0.5) is 0 Å². The molecule has 0 fully saturated rings. The Kier molecular flexibility index (Phi) is 12.1. The number of halogens is 1. The quantitative estimate of drug-likeness (QED) is 0.177. The van der Waals surface area contributed by atoms with Crippen molar-refractivity contribution in [1.82, 2.24) is 10.2 Å². The molecule has 0 aromatic heterocycles. The molecule has 3 aromatic carbocycles. The highest BCUT2D eigenvalue weighted by molar-refractivity contribution is 7.99. The van der Waals surface area contributed by atoms with Crippen molar-refractivity contribution >= 4 is 35.2 Å². The summed E-state index contributed by atoms with van der Waals surface area (Å²) in [5.41, 5.74) is 3.23. The molecule has 0 saturated carbocycles. The van der Waals surface area contributed by atoms with Crippen molar-refractivity contribution in [1.29, 1.82) is 0 Å². The van der Waals surface area contributed by atoms with Crippen LogP contribution >= 0.6 is 23.4 Å². The summed E-state index contributed by atoms with van der Waals surface area (Å²) in [5.74, 6) is 0.731. The zero-order valence-electron chi connectivity index (χ0n) is 21.8. The smallest absolute Gasteiger partial charge is 0.243 e. The maximum absolute atomic E-state index is 13.7. The van der Waals surface area contributed by atoms with Crippen LogP contribution in [-0.4, -0.2) is 35.1 Å². The van der Waals surface area contributed by atoms with Crippen LogP contribution in [0.15, 0.2) is 83.8 Å². The Morgan fingerprint density at radius 1 is 0.919 bits per heavy atom. The number of carbonyl (C=O) groups is 2. The fourth-order valence-corrected chi connectivity index (χ4v) is 5.02. The van der Waals surface area contributed by atoms with Crippen LogP contribution < -0.4 is 5.32 Å². The summed E-state index contributed by atoms with van der Waals surface area (Å²) < 4.78 is 0. The average Bonchev–Trinajstić information content (AvgIpc) is 2.91. The van der Waals surface area contributed by atoms with Gasteiger partial charge in [-0.25, -0.2) is 0 Å². The van der Waals surface area contributed by atoms with Gasteiger partial charge in [-0.3, -0.25) is 9.59 Å². The lowest BCUT2D eigenvalue weighted by Gasteiger charge is -2.31. The van der Waals surface area contributed by atoms with Gasteiger partial charge in [-0.05, 0) is 60.9 Å². The van der Waals surface area contributed by atoms with Gasteiger partial charge in [0, 0.05) is 35.8 Å². The molecule has 2 amide bonds. The second kappa shape index (κ2) is 15.5. The highest BCUT2D eigenvalue weighted by atomic mass is 35.5. The Balaban J connectivity index is 1.76. The average molecular weight is 537 g/mol. The van der Waals surface area contributed by atoms with E-state index in [1.807, 2.05) is 85.8 Å². The third-order valence-corrected chi connectivity index (χ3v) is 7.54. The van der Waals surface area contributed by atoms with Gasteiger partial charge in [-0.15, -0.1) is 11.8 Å². The minimum Gasteiger partial charge on any atom is -0.354 e. The van der Waals surface area contributed by atoms with Crippen LogP contribution in [0.1, 0.15) is 49.3 Å². The minimum absolute atomic E-state index is 0.00357. The predicted octanol–water partition coefficient (Wildman–Crippen LogP) is 7.08. The number of unbranched alkanes of at least 4 members (excludes halogenated alkanes) is 1. The van der Waals surface area contributed by atoms with Gasteiger partial charge in [0.1, 0.15) is 6.04 Å². The summed E-state index contributed by atoms with van der Waals surface area (Å²) in [7, 11) is 0. The molecule has 3 rings (SSSR count). The lowest BCUT2D eigenvalue weighted by Crippen LogP contribution is -2.50. The summed E-state index contributed by atoms with van der Waals surface area (Å²) in [6, 6.07) is 25.3. The van der Waals surface area contributed by atoms with Crippen molar-refractivity contribution < 1.29 is 9.59 Å². The molecular formula is C31H37ClN2O2S. The number of carbonyl (C=O) groups excluding carboxylic acids is 2. The summed E-state index contributed by atoms with van der Waals surface area (Å²) in [6.45, 7) is 5.17. The van der Waals surface area contributed by atoms with E-state index in [0.29, 0.717) is 31.0 Å². The maximum Gasteiger partial charge on any atom is 0.243 e. The number of hydrogen-bond donors (Lipinski definition) is 1. The van der Waals surface area contributed by atoms with Crippen LogP contribution in [0.5, 0.6) is 0 Å². The normalized spacial score (nSPS) is 11.6. The first-order valence-electron chi connectivity index (χ1n) is 13.0. The fourth-order valence-electron chi connectivity index (χ4n) is 4.04. The summed E-state index contributed by atoms with van der Waals surface area (Å²) in [6.07, 6.45) is 3.51. The van der Waals surface area contributed by atoms with Crippen molar-refractivity contribution in [3.05, 3.63) is 101 Å². The number of aryl methyl sites for hydroxylation is 1. The number of hydrogen-bond acceptors (Lipinski definition) is 3. The van der Waals surface area contributed by atoms with Crippen molar-refractivity contribution in [3.8, 4) is 0 Å². The molecule has 3 aromatic rings. The SMILES string of the molecule is CCCCNC(=O)C(Cc1ccccc1)N(Cc1ccc(C)cc1)C(=O)CCCSc1ccc(Cl)cc1. The first kappa shape index (κ1) is 28.8. The van der Waals surface area contributed by atoms with Gasteiger partial charge in [-0.1, -0.05) is 85.1 Å². The van der Waals surface area contributed by atoms with Gasteiger partial charge in [0.25, 0.3) is 0 Å². The van der Waals surface area contributed by atoms with Gasteiger partial charge < -0.3 is 10.2 Å². The van der Waals surface area contributed by atoms with Gasteiger partial charge >= 0.3 is 0 Å². The first-order valence-corrected chi connectivity index (χ1v) is 14.4. The molecule has 1 atom stereocenters. The molecular weight excluding hydrogens is 500 g/mol. The Bertz CT molecular complexity index is 1100. The van der Waals surface area contributed by atoms with Crippen LogP contribution in [-0.2, 0) is 22.6 Å². The summed E-state index contributed by atoms with van der Waals surface area (Å²) in [5, 5.41) is 3.80. The van der Waals surface area contributed by atoms with E-state index in [2.05, 4.69) is 12.2 Å². The van der Waals surface area contributed by atoms with Crippen LogP contribution in [0, 0.1) is 6.92 Å². The molecule has 37 heavy (non-hydrogen) atoms. The lowest BCUT2D eigenvalue weighted by atomic mass is 10.0. The van der Waals surface area contributed by atoms with Crippen molar-refractivity contribution in [3.63, 3.8) is 0 Å². The Hall–Kier alpha value is -2.76. The standard InChI is InChI=1S/C31H37ClN2O2S/c1-3-4-20-33-31(36)29(22-25-9-6-5-7-10-25)34(23-26-14-12-24(2)13-15-26)30(35)11-8-21-37-28-18-16-27(32)17-19-28/h5-7,9-10,12-19,29H,3-4,8,11,20-23H2,1-2H3,(H,33,36). The molecule has 0 bridgehead atoms. The van der Waals surface area contributed by atoms with Gasteiger partial charge in [-0.2, -0.15) is 0 Å². The zero-order chi connectivity index (χ0) is 26.5. The second-order valence-corrected chi connectivity index (χ2v) is 10.9. The topological polar surface area (TPSA) is 49.4 Å². The van der Waals surface area contributed by atoms with E-state index in [1.165, 1.54) is 5.56 Å². The van der Waals surface area contributed by atoms with Crippen LogP contribution in [0.2, 0.25) is 5.02 Å². The Morgan fingerprint density at radius 2 is 1.62 bits per heavy atom. The number of amides is 2. The predicted molar refractivity (Wildman–Crippen MR) is 155 cm³/mol. The molecule has 0 aliphatic carbocycles. The Labute approximate surface area is 230 Å². The number of nitrogens with zero attached hydrogens (tertiary/aromatic N) is 1. The zero-order valence-corrected chi connectivity index (χ0v) is 23.4. The maximum atomic E-state index is 13.7. The van der Waals surface area contributed by atoms with Gasteiger partial charge in [0.15, 0.2) is 0 Å². The molecule has 0 heterocycles. The van der Waals surface area contributed by atoms with E-state index in [1.54, 1.807) is 16.7 Å². The van der Waals surface area contributed by atoms with E-state index in [4.69, 9.17) is 11.6 Å². The van der Waals surface area contributed by atoms with E-state index in [-0.39, 0.29) is 11.8 Å². The molecule has 0 aliphatic heterocycles. The van der Waals surface area contributed by atoms with Crippen LogP contribution in [0.3, 0.4) is 0 Å². The van der Waals surface area contributed by atoms with Crippen molar-refractivity contribution in [2.75, 3.05) is 12.3 Å². The third-order valence-electron chi connectivity index (χ3n) is 6.19. The van der Waals surface area contributed by atoms with E-state index in [9.17, 15) is 9.59 Å². The fraction of sp³-hybridized carbons (Fsp3) is 0.355.